The first-order valence-electron chi connectivity index (χ1n) is 7.25. The minimum absolute atomic E-state index is 0.120. The average Bonchev–Trinajstić information content (AvgIpc) is 2.54. The van der Waals surface area contributed by atoms with Gasteiger partial charge in [-0.2, -0.15) is 0 Å². The van der Waals surface area contributed by atoms with Gasteiger partial charge in [-0.25, -0.2) is 0 Å². The highest BCUT2D eigenvalue weighted by Gasteiger charge is 1.96. The minimum atomic E-state index is -0.120. The maximum atomic E-state index is 8.69. The molecule has 0 aliphatic heterocycles. The van der Waals surface area contributed by atoms with E-state index in [2.05, 4.69) is 36.1 Å². The van der Waals surface area contributed by atoms with E-state index >= 15 is 0 Å². The van der Waals surface area contributed by atoms with E-state index in [1.54, 1.807) is 0 Å². The molecule has 0 saturated carbocycles. The van der Waals surface area contributed by atoms with Crippen LogP contribution in [-0.2, 0) is 6.42 Å². The first-order valence-corrected chi connectivity index (χ1v) is 7.25. The summed E-state index contributed by atoms with van der Waals surface area (Å²) < 4.78 is 5.73. The molecule has 0 radical (unpaired) electrons. The Balaban J connectivity index is 1.71. The molecule has 2 nitrogen and oxygen atoms in total. The number of aliphatic hydroxyl groups excluding tert-OH is 1. The van der Waals surface area contributed by atoms with Crippen LogP contribution in [0.15, 0.2) is 54.6 Å². The molecule has 21 heavy (non-hydrogen) atoms. The Hall–Kier alpha value is -2.24. The number of rotatable bonds is 6. The third kappa shape index (κ3) is 5.72. The van der Waals surface area contributed by atoms with Crippen LogP contribution >= 0.6 is 0 Å². The molecule has 0 heterocycles. The lowest BCUT2D eigenvalue weighted by atomic mass is 10.1. The van der Waals surface area contributed by atoms with Crippen LogP contribution in [0.1, 0.15) is 24.0 Å². The Bertz CT molecular complexity index is 594. The number of aryl methyl sites for hydroxylation is 1. The normalized spacial score (nSPS) is 9.76. The fourth-order valence-corrected chi connectivity index (χ4v) is 2.07. The van der Waals surface area contributed by atoms with Crippen LogP contribution in [-0.4, -0.2) is 18.3 Å². The molecular formula is C19H20O2. The Labute approximate surface area is 126 Å². The number of aliphatic hydroxyl groups is 1. The van der Waals surface area contributed by atoms with Crippen molar-refractivity contribution >= 4 is 0 Å². The summed E-state index contributed by atoms with van der Waals surface area (Å²) in [5.74, 6) is 6.35. The van der Waals surface area contributed by atoms with Crippen LogP contribution in [0.25, 0.3) is 0 Å². The van der Waals surface area contributed by atoms with Crippen LogP contribution in [0, 0.1) is 11.8 Å². The van der Waals surface area contributed by atoms with Gasteiger partial charge in [0.05, 0.1) is 6.61 Å². The van der Waals surface area contributed by atoms with E-state index in [0.717, 1.165) is 30.6 Å². The molecule has 0 atom stereocenters. The summed E-state index contributed by atoms with van der Waals surface area (Å²) in [6.07, 6.45) is 3.24. The smallest absolute Gasteiger partial charge is 0.120 e. The Morgan fingerprint density at radius 1 is 0.952 bits per heavy atom. The maximum Gasteiger partial charge on any atom is 0.120 e. The molecule has 2 aromatic carbocycles. The van der Waals surface area contributed by atoms with E-state index in [9.17, 15) is 0 Å². The number of hydrogen-bond donors (Lipinski definition) is 1. The molecule has 0 aliphatic rings. The van der Waals surface area contributed by atoms with Crippen LogP contribution in [0.4, 0.5) is 0 Å². The summed E-state index contributed by atoms with van der Waals surface area (Å²) in [4.78, 5) is 0. The van der Waals surface area contributed by atoms with Crippen LogP contribution in [0.3, 0.4) is 0 Å². The summed E-state index contributed by atoms with van der Waals surface area (Å²) in [7, 11) is 0. The van der Waals surface area contributed by atoms with Gasteiger partial charge in [-0.3, -0.25) is 0 Å². The molecule has 108 valence electrons. The van der Waals surface area contributed by atoms with Crippen molar-refractivity contribution in [1.29, 1.82) is 0 Å². The van der Waals surface area contributed by atoms with Gasteiger partial charge in [0.25, 0.3) is 0 Å². The summed E-state index contributed by atoms with van der Waals surface area (Å²) in [6, 6.07) is 18.2. The Kier molecular flexibility index (Phi) is 6.38. The SMILES string of the molecule is OCC#Cc1cccc(OCCCCc2ccccc2)c1. The van der Waals surface area contributed by atoms with Crippen LogP contribution in [0.5, 0.6) is 5.75 Å². The molecule has 2 aromatic rings. The number of ether oxygens (including phenoxy) is 1. The van der Waals surface area contributed by atoms with E-state index in [1.165, 1.54) is 5.56 Å². The summed E-state index contributed by atoms with van der Waals surface area (Å²) >= 11 is 0. The third-order valence-electron chi connectivity index (χ3n) is 3.12. The zero-order valence-corrected chi connectivity index (χ0v) is 12.1. The lowest BCUT2D eigenvalue weighted by molar-refractivity contribution is 0.307. The highest BCUT2D eigenvalue weighted by atomic mass is 16.5. The second-order valence-electron chi connectivity index (χ2n) is 4.78. The van der Waals surface area contributed by atoms with Gasteiger partial charge in [-0.15, -0.1) is 0 Å². The standard InChI is InChI=1S/C19H20O2/c20-14-7-12-18-11-6-13-19(16-18)21-15-5-4-10-17-8-2-1-3-9-17/h1-3,6,8-9,11,13,16,20H,4-5,10,14-15H2. The first-order chi connectivity index (χ1) is 10.4. The van der Waals surface area contributed by atoms with Crippen molar-refractivity contribution in [3.8, 4) is 17.6 Å². The Morgan fingerprint density at radius 3 is 2.62 bits per heavy atom. The van der Waals surface area contributed by atoms with Gasteiger partial charge < -0.3 is 9.84 Å². The predicted octanol–water partition coefficient (Wildman–Crippen LogP) is 3.43. The fraction of sp³-hybridized carbons (Fsp3) is 0.263. The van der Waals surface area contributed by atoms with Gasteiger partial charge in [-0.05, 0) is 43.0 Å². The van der Waals surface area contributed by atoms with Crippen molar-refractivity contribution in [2.24, 2.45) is 0 Å². The van der Waals surface area contributed by atoms with Gasteiger partial charge in [0.2, 0.25) is 0 Å². The van der Waals surface area contributed by atoms with Crippen molar-refractivity contribution in [3.05, 3.63) is 65.7 Å². The predicted molar refractivity (Wildman–Crippen MR) is 85.3 cm³/mol. The average molecular weight is 280 g/mol. The van der Waals surface area contributed by atoms with Crippen molar-refractivity contribution in [2.75, 3.05) is 13.2 Å². The Morgan fingerprint density at radius 2 is 1.81 bits per heavy atom. The lowest BCUT2D eigenvalue weighted by Gasteiger charge is -2.06. The van der Waals surface area contributed by atoms with E-state index in [-0.39, 0.29) is 6.61 Å². The molecule has 0 spiro atoms. The van der Waals surface area contributed by atoms with Gasteiger partial charge >= 0.3 is 0 Å². The van der Waals surface area contributed by atoms with Crippen molar-refractivity contribution < 1.29 is 9.84 Å². The molecular weight excluding hydrogens is 260 g/mol. The molecule has 0 saturated heterocycles. The monoisotopic (exact) mass is 280 g/mol. The molecule has 0 unspecified atom stereocenters. The van der Waals surface area contributed by atoms with Crippen molar-refractivity contribution in [1.82, 2.24) is 0 Å². The lowest BCUT2D eigenvalue weighted by Crippen LogP contribution is -1.98. The van der Waals surface area contributed by atoms with Gasteiger partial charge in [0.1, 0.15) is 12.4 Å². The third-order valence-corrected chi connectivity index (χ3v) is 3.12. The second-order valence-corrected chi connectivity index (χ2v) is 4.78. The molecule has 2 heteroatoms. The molecule has 0 amide bonds. The van der Waals surface area contributed by atoms with Crippen molar-refractivity contribution in [3.63, 3.8) is 0 Å². The van der Waals surface area contributed by atoms with E-state index in [1.807, 2.05) is 30.3 Å². The highest BCUT2D eigenvalue weighted by Crippen LogP contribution is 2.13. The summed E-state index contributed by atoms with van der Waals surface area (Å²) in [5, 5.41) is 8.69. The van der Waals surface area contributed by atoms with E-state index < -0.39 is 0 Å². The first kappa shape index (κ1) is 15.2. The molecule has 2 rings (SSSR count). The van der Waals surface area contributed by atoms with Crippen LogP contribution in [0.2, 0.25) is 0 Å². The zero-order chi connectivity index (χ0) is 14.8. The molecule has 0 aromatic heterocycles. The second kappa shape index (κ2) is 8.84. The molecule has 0 aliphatic carbocycles. The minimum Gasteiger partial charge on any atom is -0.494 e. The van der Waals surface area contributed by atoms with Crippen molar-refractivity contribution in [2.45, 2.75) is 19.3 Å². The molecule has 1 N–H and O–H groups in total. The summed E-state index contributed by atoms with van der Waals surface area (Å²) in [6.45, 7) is 0.592. The van der Waals surface area contributed by atoms with E-state index in [0.29, 0.717) is 6.61 Å². The molecule has 0 bridgehead atoms. The fourth-order valence-electron chi connectivity index (χ4n) is 2.07. The number of unbranched alkanes of at least 4 members (excludes halogenated alkanes) is 1. The van der Waals surface area contributed by atoms with Gasteiger partial charge in [0.15, 0.2) is 0 Å². The quantitative estimate of drug-likeness (QED) is 0.649. The van der Waals surface area contributed by atoms with Gasteiger partial charge in [-0.1, -0.05) is 48.2 Å². The largest absolute Gasteiger partial charge is 0.494 e. The summed E-state index contributed by atoms with van der Waals surface area (Å²) in [5.41, 5.74) is 2.24. The molecule has 0 fully saturated rings. The van der Waals surface area contributed by atoms with E-state index in [4.69, 9.17) is 9.84 Å². The number of benzene rings is 2. The number of hydrogen-bond acceptors (Lipinski definition) is 2. The zero-order valence-electron chi connectivity index (χ0n) is 12.1. The maximum absolute atomic E-state index is 8.69. The highest BCUT2D eigenvalue weighted by molar-refractivity contribution is 5.39. The topological polar surface area (TPSA) is 29.5 Å². The van der Waals surface area contributed by atoms with Crippen LogP contribution < -0.4 is 4.74 Å². The van der Waals surface area contributed by atoms with Gasteiger partial charge in [0, 0.05) is 5.56 Å².